The van der Waals surface area contributed by atoms with Crippen LogP contribution < -0.4 is 0 Å². The molecule has 3 aliphatic rings. The van der Waals surface area contributed by atoms with Crippen molar-refractivity contribution in [3.05, 3.63) is 35.9 Å². The maximum absolute atomic E-state index is 6.74. The predicted octanol–water partition coefficient (Wildman–Crippen LogP) is 4.59. The zero-order valence-corrected chi connectivity index (χ0v) is 16.5. The highest BCUT2D eigenvalue weighted by atomic mass is 16.7. The van der Waals surface area contributed by atoms with Crippen LogP contribution in [-0.4, -0.2) is 34.6 Å². The molecule has 2 fully saturated rings. The third kappa shape index (κ3) is 3.29. The van der Waals surface area contributed by atoms with Gasteiger partial charge in [0.2, 0.25) is 0 Å². The summed E-state index contributed by atoms with van der Waals surface area (Å²) in [7, 11) is 0. The zero-order chi connectivity index (χ0) is 18.3. The summed E-state index contributed by atoms with van der Waals surface area (Å²) in [6.07, 6.45) is 4.86. The molecular formula is C22H32N2O2. The number of benzene rings is 1. The van der Waals surface area contributed by atoms with Crippen molar-refractivity contribution in [2.24, 2.45) is 17.0 Å². The van der Waals surface area contributed by atoms with E-state index >= 15 is 0 Å². The van der Waals surface area contributed by atoms with Crippen LogP contribution >= 0.6 is 0 Å². The Kier molecular flexibility index (Phi) is 4.83. The summed E-state index contributed by atoms with van der Waals surface area (Å²) in [5.74, 6) is 1.32. The fourth-order valence-electron chi connectivity index (χ4n) is 5.12. The Morgan fingerprint density at radius 1 is 1.15 bits per heavy atom. The Balaban J connectivity index is 1.64. The first-order chi connectivity index (χ1) is 12.4. The summed E-state index contributed by atoms with van der Waals surface area (Å²) >= 11 is 0. The van der Waals surface area contributed by atoms with Crippen molar-refractivity contribution in [3.63, 3.8) is 0 Å². The number of hydrogen-bond acceptors (Lipinski definition) is 4. The van der Waals surface area contributed by atoms with Gasteiger partial charge in [-0.3, -0.25) is 4.90 Å². The summed E-state index contributed by atoms with van der Waals surface area (Å²) in [6, 6.07) is 10.7. The van der Waals surface area contributed by atoms with E-state index in [0.29, 0.717) is 12.0 Å². The topological polar surface area (TPSA) is 34.1 Å². The fraction of sp³-hybridized carbons (Fsp3) is 0.682. The number of fused-ring (bicyclic) bond motifs is 1. The molecule has 4 nitrogen and oxygen atoms in total. The lowest BCUT2D eigenvalue weighted by molar-refractivity contribution is -0.266. The number of hydrogen-bond donors (Lipinski definition) is 0. The van der Waals surface area contributed by atoms with Crippen LogP contribution in [0.2, 0.25) is 0 Å². The lowest BCUT2D eigenvalue weighted by atomic mass is 9.69. The Labute approximate surface area is 157 Å². The van der Waals surface area contributed by atoms with Gasteiger partial charge in [-0.15, -0.1) is 0 Å². The SMILES string of the molecule is CC1=NO[C@@H]([C@@H]2O[C@@H]3C[C@H](C)CC[C@H]3C(C)(C)N2Cc2ccccc2)C1. The van der Waals surface area contributed by atoms with Crippen LogP contribution in [0.25, 0.3) is 0 Å². The summed E-state index contributed by atoms with van der Waals surface area (Å²) in [4.78, 5) is 8.33. The quantitative estimate of drug-likeness (QED) is 0.794. The third-order valence-electron chi connectivity index (χ3n) is 6.68. The van der Waals surface area contributed by atoms with E-state index in [4.69, 9.17) is 9.57 Å². The van der Waals surface area contributed by atoms with E-state index in [-0.39, 0.29) is 17.9 Å². The molecule has 4 heteroatoms. The minimum atomic E-state index is -0.0436. The Morgan fingerprint density at radius 3 is 2.62 bits per heavy atom. The number of rotatable bonds is 3. The van der Waals surface area contributed by atoms with Crippen LogP contribution in [0.5, 0.6) is 0 Å². The first kappa shape index (κ1) is 18.0. The fourth-order valence-corrected chi connectivity index (χ4v) is 5.12. The molecule has 1 saturated carbocycles. The first-order valence-electron chi connectivity index (χ1n) is 10.1. The lowest BCUT2D eigenvalue weighted by Gasteiger charge is -2.58. The molecule has 1 aromatic rings. The Morgan fingerprint density at radius 2 is 1.92 bits per heavy atom. The molecule has 26 heavy (non-hydrogen) atoms. The normalized spacial score (nSPS) is 36.9. The van der Waals surface area contributed by atoms with Gasteiger partial charge in [0, 0.05) is 24.4 Å². The molecule has 0 unspecified atom stereocenters. The van der Waals surface area contributed by atoms with Crippen LogP contribution in [0.1, 0.15) is 58.9 Å². The molecule has 0 spiro atoms. The minimum Gasteiger partial charge on any atom is -0.388 e. The highest BCUT2D eigenvalue weighted by Gasteiger charge is 2.53. The van der Waals surface area contributed by atoms with Gasteiger partial charge in [-0.25, -0.2) is 0 Å². The summed E-state index contributed by atoms with van der Waals surface area (Å²) in [6.45, 7) is 10.1. The molecule has 2 aliphatic heterocycles. The molecule has 0 N–H and O–H groups in total. The molecule has 0 radical (unpaired) electrons. The second-order valence-electron chi connectivity index (χ2n) is 9.03. The molecule has 1 saturated heterocycles. The molecular weight excluding hydrogens is 324 g/mol. The molecule has 0 aromatic heterocycles. The van der Waals surface area contributed by atoms with Crippen molar-refractivity contribution in [3.8, 4) is 0 Å². The molecule has 0 amide bonds. The van der Waals surface area contributed by atoms with Crippen LogP contribution in [0.3, 0.4) is 0 Å². The second kappa shape index (κ2) is 6.97. The molecule has 2 heterocycles. The number of nitrogens with zero attached hydrogens (tertiary/aromatic N) is 2. The van der Waals surface area contributed by atoms with Gasteiger partial charge >= 0.3 is 0 Å². The standard InChI is InChI=1S/C22H32N2O2/c1-15-10-11-18-19(12-15)25-21(20-13-16(2)23-26-20)24(22(18,3)4)14-17-8-6-5-7-9-17/h5-9,15,18-21H,10-14H2,1-4H3/t15-,18-,19-,20-,21+/m1/s1. The largest absolute Gasteiger partial charge is 0.388 e. The summed E-state index contributed by atoms with van der Waals surface area (Å²) < 4.78 is 6.74. The maximum Gasteiger partial charge on any atom is 0.172 e. The Bertz CT molecular complexity index is 657. The van der Waals surface area contributed by atoms with Crippen molar-refractivity contribution in [2.75, 3.05) is 0 Å². The lowest BCUT2D eigenvalue weighted by Crippen LogP contribution is -2.66. The summed E-state index contributed by atoms with van der Waals surface area (Å²) in [5, 5.41) is 4.21. The number of oxime groups is 1. The van der Waals surface area contributed by atoms with Crippen molar-refractivity contribution in [1.29, 1.82) is 0 Å². The van der Waals surface area contributed by atoms with Crippen LogP contribution in [0.15, 0.2) is 35.5 Å². The first-order valence-corrected chi connectivity index (χ1v) is 10.1. The van der Waals surface area contributed by atoms with Crippen molar-refractivity contribution >= 4 is 5.71 Å². The number of ether oxygens (including phenoxy) is 1. The van der Waals surface area contributed by atoms with Crippen LogP contribution in [0.4, 0.5) is 0 Å². The molecule has 5 atom stereocenters. The van der Waals surface area contributed by atoms with Gasteiger partial charge in [-0.2, -0.15) is 0 Å². The minimum absolute atomic E-state index is 0.00355. The molecule has 1 aliphatic carbocycles. The second-order valence-corrected chi connectivity index (χ2v) is 9.03. The van der Waals surface area contributed by atoms with Gasteiger partial charge in [0.25, 0.3) is 0 Å². The van der Waals surface area contributed by atoms with Gasteiger partial charge < -0.3 is 9.57 Å². The van der Waals surface area contributed by atoms with Gasteiger partial charge in [-0.05, 0) is 45.1 Å². The smallest absolute Gasteiger partial charge is 0.172 e. The molecule has 142 valence electrons. The van der Waals surface area contributed by atoms with Crippen molar-refractivity contribution in [2.45, 2.75) is 83.9 Å². The van der Waals surface area contributed by atoms with Gasteiger partial charge in [0.1, 0.15) is 0 Å². The van der Waals surface area contributed by atoms with E-state index in [0.717, 1.165) is 31.0 Å². The van der Waals surface area contributed by atoms with E-state index in [1.165, 1.54) is 18.4 Å². The molecule has 4 rings (SSSR count). The van der Waals surface area contributed by atoms with E-state index in [1.807, 2.05) is 6.92 Å². The van der Waals surface area contributed by atoms with Crippen LogP contribution in [0, 0.1) is 11.8 Å². The average Bonchev–Trinajstić information content (AvgIpc) is 3.04. The van der Waals surface area contributed by atoms with E-state index in [9.17, 15) is 0 Å². The Hall–Kier alpha value is -1.39. The zero-order valence-electron chi connectivity index (χ0n) is 16.5. The van der Waals surface area contributed by atoms with Crippen molar-refractivity contribution < 1.29 is 9.57 Å². The maximum atomic E-state index is 6.74. The average molecular weight is 357 g/mol. The predicted molar refractivity (Wildman–Crippen MR) is 104 cm³/mol. The third-order valence-corrected chi connectivity index (χ3v) is 6.68. The van der Waals surface area contributed by atoms with Gasteiger partial charge in [0.05, 0.1) is 11.8 Å². The van der Waals surface area contributed by atoms with Gasteiger partial charge in [0.15, 0.2) is 12.3 Å². The van der Waals surface area contributed by atoms with E-state index < -0.39 is 0 Å². The highest BCUT2D eigenvalue weighted by molar-refractivity contribution is 5.82. The van der Waals surface area contributed by atoms with Crippen LogP contribution in [-0.2, 0) is 16.1 Å². The van der Waals surface area contributed by atoms with Gasteiger partial charge in [-0.1, -0.05) is 48.8 Å². The monoisotopic (exact) mass is 356 g/mol. The van der Waals surface area contributed by atoms with Crippen molar-refractivity contribution in [1.82, 2.24) is 4.90 Å². The molecule has 1 aromatic carbocycles. The summed E-state index contributed by atoms with van der Waals surface area (Å²) in [5.41, 5.74) is 2.46. The highest BCUT2D eigenvalue weighted by Crippen LogP contribution is 2.46. The van der Waals surface area contributed by atoms with E-state index in [2.05, 4.69) is 61.2 Å². The molecule has 0 bridgehead atoms. The van der Waals surface area contributed by atoms with E-state index in [1.54, 1.807) is 0 Å².